The lowest BCUT2D eigenvalue weighted by molar-refractivity contribution is -0.387. The summed E-state index contributed by atoms with van der Waals surface area (Å²) in [5.74, 6) is -1.33. The van der Waals surface area contributed by atoms with E-state index >= 15 is 0 Å². The molecule has 0 aromatic heterocycles. The first-order chi connectivity index (χ1) is 9.31. The molecule has 0 heterocycles. The molecule has 0 aliphatic heterocycles. The summed E-state index contributed by atoms with van der Waals surface area (Å²) in [5.41, 5.74) is -0.590. The highest BCUT2D eigenvalue weighted by molar-refractivity contribution is 5.37. The van der Waals surface area contributed by atoms with Gasteiger partial charge in [-0.3, -0.25) is 10.1 Å². The Kier molecular flexibility index (Phi) is 6.01. The molecule has 1 atom stereocenters. The molecule has 0 bridgehead atoms. The van der Waals surface area contributed by atoms with E-state index in [2.05, 4.69) is 19.2 Å². The maximum Gasteiger partial charge on any atom is 0.305 e. The summed E-state index contributed by atoms with van der Waals surface area (Å²) in [4.78, 5) is 9.78. The van der Waals surface area contributed by atoms with Crippen molar-refractivity contribution >= 4 is 5.69 Å². The summed E-state index contributed by atoms with van der Waals surface area (Å²) in [7, 11) is 0. The number of hydrogen-bond acceptors (Lipinski definition) is 3. The van der Waals surface area contributed by atoms with Gasteiger partial charge in [-0.15, -0.1) is 0 Å². The van der Waals surface area contributed by atoms with Crippen LogP contribution < -0.4 is 5.32 Å². The lowest BCUT2D eigenvalue weighted by Gasteiger charge is -2.15. The van der Waals surface area contributed by atoms with E-state index in [9.17, 15) is 18.9 Å². The summed E-state index contributed by atoms with van der Waals surface area (Å²) in [6, 6.07) is 1.68. The van der Waals surface area contributed by atoms with E-state index in [-0.39, 0.29) is 18.2 Å². The van der Waals surface area contributed by atoms with Crippen molar-refractivity contribution in [2.75, 3.05) is 0 Å². The fourth-order valence-electron chi connectivity index (χ4n) is 1.83. The second-order valence-electron chi connectivity index (χ2n) is 5.41. The normalized spacial score (nSPS) is 12.7. The summed E-state index contributed by atoms with van der Waals surface area (Å²) < 4.78 is 26.7. The standard InChI is InChI=1S/C14H20F2N2O2/c1-9(2)4-5-10(3)17-8-11-6-14(18(19)20)13(16)7-12(11)15/h6-7,9-10,17H,4-5,8H2,1-3H3. The van der Waals surface area contributed by atoms with Crippen LogP contribution in [0.4, 0.5) is 14.5 Å². The topological polar surface area (TPSA) is 55.2 Å². The summed E-state index contributed by atoms with van der Waals surface area (Å²) in [5, 5.41) is 13.7. The molecule has 6 heteroatoms. The van der Waals surface area contributed by atoms with Gasteiger partial charge >= 0.3 is 5.69 Å². The van der Waals surface area contributed by atoms with Gasteiger partial charge in [-0.1, -0.05) is 13.8 Å². The molecule has 0 spiro atoms. The first-order valence-electron chi connectivity index (χ1n) is 6.67. The maximum absolute atomic E-state index is 13.6. The van der Waals surface area contributed by atoms with Gasteiger partial charge in [0.25, 0.3) is 0 Å². The Morgan fingerprint density at radius 1 is 1.20 bits per heavy atom. The summed E-state index contributed by atoms with van der Waals surface area (Å²) in [6.07, 6.45) is 1.97. The molecule has 112 valence electrons. The predicted octanol–water partition coefficient (Wildman–Crippen LogP) is 3.79. The molecule has 0 saturated heterocycles. The van der Waals surface area contributed by atoms with E-state index < -0.39 is 22.2 Å². The third-order valence-electron chi connectivity index (χ3n) is 3.13. The molecule has 1 aromatic rings. The van der Waals surface area contributed by atoms with Crippen LogP contribution in [0.2, 0.25) is 0 Å². The Hall–Kier alpha value is -1.56. The van der Waals surface area contributed by atoms with E-state index in [1.165, 1.54) is 0 Å². The number of nitro benzene ring substituents is 1. The lowest BCUT2D eigenvalue weighted by Crippen LogP contribution is -2.26. The van der Waals surface area contributed by atoms with Crippen LogP contribution >= 0.6 is 0 Å². The Morgan fingerprint density at radius 3 is 2.40 bits per heavy atom. The summed E-state index contributed by atoms with van der Waals surface area (Å²) in [6.45, 7) is 6.36. The van der Waals surface area contributed by atoms with Crippen molar-refractivity contribution < 1.29 is 13.7 Å². The minimum absolute atomic E-state index is 0.106. The molecule has 0 radical (unpaired) electrons. The van der Waals surface area contributed by atoms with Crippen molar-refractivity contribution in [1.82, 2.24) is 5.32 Å². The van der Waals surface area contributed by atoms with Crippen molar-refractivity contribution in [3.63, 3.8) is 0 Å². The van der Waals surface area contributed by atoms with Crippen LogP contribution in [0.5, 0.6) is 0 Å². The third kappa shape index (κ3) is 4.85. The molecule has 1 rings (SSSR count). The molecule has 0 saturated carbocycles. The average Bonchev–Trinajstić information content (AvgIpc) is 2.34. The molecule has 0 fully saturated rings. The Bertz CT molecular complexity index is 478. The molecule has 4 nitrogen and oxygen atoms in total. The van der Waals surface area contributed by atoms with Crippen LogP contribution in [0.3, 0.4) is 0 Å². The van der Waals surface area contributed by atoms with Gasteiger partial charge in [-0.05, 0) is 25.7 Å². The van der Waals surface area contributed by atoms with Crippen LogP contribution in [0.25, 0.3) is 0 Å². The van der Waals surface area contributed by atoms with Gasteiger partial charge in [0.1, 0.15) is 5.82 Å². The second-order valence-corrected chi connectivity index (χ2v) is 5.41. The third-order valence-corrected chi connectivity index (χ3v) is 3.13. The number of hydrogen-bond donors (Lipinski definition) is 1. The van der Waals surface area contributed by atoms with E-state index in [4.69, 9.17) is 0 Å². The van der Waals surface area contributed by atoms with Crippen molar-refractivity contribution in [1.29, 1.82) is 0 Å². The van der Waals surface area contributed by atoms with Gasteiger partial charge in [-0.25, -0.2) is 4.39 Å². The van der Waals surface area contributed by atoms with Crippen LogP contribution in [-0.4, -0.2) is 11.0 Å². The maximum atomic E-state index is 13.6. The predicted molar refractivity (Wildman–Crippen MR) is 73.4 cm³/mol. The van der Waals surface area contributed by atoms with Crippen molar-refractivity contribution in [3.05, 3.63) is 39.4 Å². The van der Waals surface area contributed by atoms with E-state index in [0.29, 0.717) is 12.0 Å². The molecular weight excluding hydrogens is 266 g/mol. The van der Waals surface area contributed by atoms with Crippen LogP contribution in [0.1, 0.15) is 39.2 Å². The van der Waals surface area contributed by atoms with Gasteiger partial charge in [0, 0.05) is 30.3 Å². The number of nitrogens with one attached hydrogen (secondary N) is 1. The van der Waals surface area contributed by atoms with Crippen molar-refractivity contribution in [2.24, 2.45) is 5.92 Å². The molecule has 1 aromatic carbocycles. The number of nitro groups is 1. The van der Waals surface area contributed by atoms with Crippen LogP contribution in [0.15, 0.2) is 12.1 Å². The first-order valence-corrected chi connectivity index (χ1v) is 6.67. The van der Waals surface area contributed by atoms with Gasteiger partial charge in [0.15, 0.2) is 0 Å². The zero-order valence-electron chi connectivity index (χ0n) is 12.0. The summed E-state index contributed by atoms with van der Waals surface area (Å²) >= 11 is 0. The van der Waals surface area contributed by atoms with Crippen molar-refractivity contribution in [3.8, 4) is 0 Å². The number of rotatable bonds is 7. The fraction of sp³-hybridized carbons (Fsp3) is 0.571. The van der Waals surface area contributed by atoms with E-state index in [1.54, 1.807) is 0 Å². The smallest absolute Gasteiger partial charge is 0.305 e. The molecule has 20 heavy (non-hydrogen) atoms. The zero-order valence-corrected chi connectivity index (χ0v) is 12.0. The minimum Gasteiger partial charge on any atom is -0.310 e. The first kappa shape index (κ1) is 16.5. The second kappa shape index (κ2) is 7.28. The molecule has 0 aliphatic rings. The van der Waals surface area contributed by atoms with Gasteiger partial charge in [0.2, 0.25) is 5.82 Å². The lowest BCUT2D eigenvalue weighted by atomic mass is 10.0. The number of benzene rings is 1. The Labute approximate surface area is 117 Å². The monoisotopic (exact) mass is 286 g/mol. The van der Waals surface area contributed by atoms with E-state index in [0.717, 1.165) is 18.9 Å². The molecule has 0 amide bonds. The minimum atomic E-state index is -1.15. The molecule has 1 unspecified atom stereocenters. The van der Waals surface area contributed by atoms with Crippen molar-refractivity contribution in [2.45, 2.75) is 46.2 Å². The average molecular weight is 286 g/mol. The van der Waals surface area contributed by atoms with Crippen LogP contribution in [-0.2, 0) is 6.54 Å². The SMILES string of the molecule is CC(C)CCC(C)NCc1cc([N+](=O)[O-])c(F)cc1F. The molecule has 0 aliphatic carbocycles. The quantitative estimate of drug-likeness (QED) is 0.613. The number of nitrogens with zero attached hydrogens (tertiary/aromatic N) is 1. The molecule has 1 N–H and O–H groups in total. The fourth-order valence-corrected chi connectivity index (χ4v) is 1.83. The van der Waals surface area contributed by atoms with E-state index in [1.807, 2.05) is 6.92 Å². The highest BCUT2D eigenvalue weighted by atomic mass is 19.1. The number of halogens is 2. The van der Waals surface area contributed by atoms with Crippen LogP contribution in [0, 0.1) is 27.7 Å². The molecular formula is C14H20F2N2O2. The van der Waals surface area contributed by atoms with Gasteiger partial charge in [0.05, 0.1) is 4.92 Å². The van der Waals surface area contributed by atoms with Gasteiger partial charge < -0.3 is 5.32 Å². The zero-order chi connectivity index (χ0) is 15.3. The van der Waals surface area contributed by atoms with Gasteiger partial charge in [-0.2, -0.15) is 4.39 Å². The largest absolute Gasteiger partial charge is 0.310 e. The Balaban J connectivity index is 2.68. The highest BCUT2D eigenvalue weighted by Crippen LogP contribution is 2.21. The Morgan fingerprint density at radius 2 is 1.85 bits per heavy atom. The highest BCUT2D eigenvalue weighted by Gasteiger charge is 2.18.